The largest absolute Gasteiger partial charge is 0.388 e. The van der Waals surface area contributed by atoms with E-state index in [1.165, 1.54) is 29.7 Å². The van der Waals surface area contributed by atoms with Crippen molar-refractivity contribution in [2.45, 2.75) is 81.0 Å². The minimum absolute atomic E-state index is 0.0555. The molecule has 2 aliphatic rings. The van der Waals surface area contributed by atoms with Crippen LogP contribution in [0.5, 0.6) is 0 Å². The quantitative estimate of drug-likeness (QED) is 0.813. The van der Waals surface area contributed by atoms with Crippen LogP contribution in [0.4, 0.5) is 0 Å². The van der Waals surface area contributed by atoms with E-state index in [4.69, 9.17) is 0 Å². The molecule has 0 bridgehead atoms. The minimum Gasteiger partial charge on any atom is -0.388 e. The van der Waals surface area contributed by atoms with Crippen molar-refractivity contribution in [1.29, 1.82) is 0 Å². The standard InChI is InChI=1S/C19H28OS/c1-15-6-8-16(9-7-15)21-19(12-5-13-19)18(20)11-4-10-17(2,3)14-18/h6-9,20H,4-5,10-14H2,1-3H3/t18-/m1/s1. The van der Waals surface area contributed by atoms with E-state index in [-0.39, 0.29) is 10.2 Å². The molecule has 1 N–H and O–H groups in total. The second-order valence-corrected chi connectivity index (χ2v) is 9.45. The van der Waals surface area contributed by atoms with Crippen molar-refractivity contribution >= 4 is 11.8 Å². The predicted octanol–water partition coefficient (Wildman–Crippen LogP) is 5.34. The molecule has 2 heteroatoms. The van der Waals surface area contributed by atoms with Gasteiger partial charge in [-0.05, 0) is 56.6 Å². The Balaban J connectivity index is 1.84. The molecule has 21 heavy (non-hydrogen) atoms. The third-order valence-electron chi connectivity index (χ3n) is 5.56. The van der Waals surface area contributed by atoms with Gasteiger partial charge >= 0.3 is 0 Å². The topological polar surface area (TPSA) is 20.2 Å². The summed E-state index contributed by atoms with van der Waals surface area (Å²) in [4.78, 5) is 1.32. The summed E-state index contributed by atoms with van der Waals surface area (Å²) in [6.07, 6.45) is 7.95. The molecule has 0 saturated heterocycles. The highest BCUT2D eigenvalue weighted by Crippen LogP contribution is 2.60. The number of aliphatic hydroxyl groups is 1. The Morgan fingerprint density at radius 2 is 1.57 bits per heavy atom. The normalized spacial score (nSPS) is 30.7. The molecule has 1 atom stereocenters. The van der Waals surface area contributed by atoms with E-state index in [1.807, 2.05) is 11.8 Å². The number of thioether (sulfide) groups is 1. The first-order chi connectivity index (χ1) is 9.84. The number of aryl methyl sites for hydroxylation is 1. The van der Waals surface area contributed by atoms with Crippen molar-refractivity contribution in [3.8, 4) is 0 Å². The van der Waals surface area contributed by atoms with Gasteiger partial charge in [0.2, 0.25) is 0 Å². The van der Waals surface area contributed by atoms with Gasteiger partial charge in [-0.25, -0.2) is 0 Å². The maximum absolute atomic E-state index is 11.5. The third-order valence-corrected chi connectivity index (χ3v) is 7.25. The van der Waals surface area contributed by atoms with Crippen LogP contribution in [0.25, 0.3) is 0 Å². The highest BCUT2D eigenvalue weighted by molar-refractivity contribution is 8.00. The van der Waals surface area contributed by atoms with Crippen LogP contribution in [0.2, 0.25) is 0 Å². The smallest absolute Gasteiger partial charge is 0.0802 e. The van der Waals surface area contributed by atoms with Crippen LogP contribution in [0.1, 0.15) is 64.4 Å². The zero-order valence-electron chi connectivity index (χ0n) is 13.6. The summed E-state index contributed by atoms with van der Waals surface area (Å²) in [6, 6.07) is 8.81. The molecule has 1 aromatic carbocycles. The highest BCUT2D eigenvalue weighted by atomic mass is 32.2. The van der Waals surface area contributed by atoms with Gasteiger partial charge < -0.3 is 5.11 Å². The molecule has 2 saturated carbocycles. The van der Waals surface area contributed by atoms with E-state index >= 15 is 0 Å². The molecule has 3 rings (SSSR count). The van der Waals surface area contributed by atoms with E-state index in [1.54, 1.807) is 0 Å². The molecule has 0 amide bonds. The van der Waals surface area contributed by atoms with Gasteiger partial charge in [0.15, 0.2) is 0 Å². The van der Waals surface area contributed by atoms with Gasteiger partial charge in [-0.3, -0.25) is 0 Å². The molecule has 116 valence electrons. The lowest BCUT2D eigenvalue weighted by molar-refractivity contribution is -0.0885. The summed E-state index contributed by atoms with van der Waals surface area (Å²) in [7, 11) is 0. The molecule has 0 aromatic heterocycles. The molecule has 0 heterocycles. The van der Waals surface area contributed by atoms with Crippen LogP contribution in [-0.2, 0) is 0 Å². The van der Waals surface area contributed by atoms with Crippen molar-refractivity contribution < 1.29 is 5.11 Å². The third kappa shape index (κ3) is 2.90. The summed E-state index contributed by atoms with van der Waals surface area (Å²) in [5.74, 6) is 0. The van der Waals surface area contributed by atoms with Crippen molar-refractivity contribution in [3.05, 3.63) is 29.8 Å². The Labute approximate surface area is 133 Å². The molecule has 0 aliphatic heterocycles. The summed E-state index contributed by atoms with van der Waals surface area (Å²) < 4.78 is 0.0555. The lowest BCUT2D eigenvalue weighted by atomic mass is 9.60. The first-order valence-corrected chi connectivity index (χ1v) is 9.14. The average Bonchev–Trinajstić information content (AvgIpc) is 2.34. The fraction of sp³-hybridized carbons (Fsp3) is 0.684. The maximum Gasteiger partial charge on any atom is 0.0802 e. The zero-order chi connectivity index (χ0) is 15.1. The Bertz CT molecular complexity index is 501. The van der Waals surface area contributed by atoms with Crippen molar-refractivity contribution in [2.75, 3.05) is 0 Å². The Morgan fingerprint density at radius 1 is 0.952 bits per heavy atom. The van der Waals surface area contributed by atoms with Crippen LogP contribution >= 0.6 is 11.8 Å². The van der Waals surface area contributed by atoms with Crippen LogP contribution < -0.4 is 0 Å². The zero-order valence-corrected chi connectivity index (χ0v) is 14.4. The molecule has 0 radical (unpaired) electrons. The predicted molar refractivity (Wildman–Crippen MR) is 90.8 cm³/mol. The highest BCUT2D eigenvalue weighted by Gasteiger charge is 2.57. The molecular formula is C19H28OS. The van der Waals surface area contributed by atoms with E-state index in [0.29, 0.717) is 0 Å². The van der Waals surface area contributed by atoms with Gasteiger partial charge in [-0.15, -0.1) is 11.8 Å². The van der Waals surface area contributed by atoms with Crippen LogP contribution in [0.15, 0.2) is 29.2 Å². The number of rotatable bonds is 3. The Hall–Kier alpha value is -0.470. The fourth-order valence-electron chi connectivity index (χ4n) is 4.21. The maximum atomic E-state index is 11.5. The Morgan fingerprint density at radius 3 is 2.10 bits per heavy atom. The molecule has 1 aromatic rings. The molecular weight excluding hydrogens is 276 g/mol. The lowest BCUT2D eigenvalue weighted by Crippen LogP contribution is -2.59. The van der Waals surface area contributed by atoms with E-state index < -0.39 is 5.60 Å². The summed E-state index contributed by atoms with van der Waals surface area (Å²) in [5, 5.41) is 11.5. The van der Waals surface area contributed by atoms with Gasteiger partial charge in [0, 0.05) is 9.64 Å². The average molecular weight is 304 g/mol. The summed E-state index contributed by atoms with van der Waals surface area (Å²) >= 11 is 1.94. The first kappa shape index (κ1) is 15.4. The van der Waals surface area contributed by atoms with Crippen LogP contribution in [-0.4, -0.2) is 15.5 Å². The van der Waals surface area contributed by atoms with E-state index in [9.17, 15) is 5.11 Å². The Kier molecular flexibility index (Phi) is 3.90. The molecule has 0 unspecified atom stereocenters. The SMILES string of the molecule is Cc1ccc(SC2([C@@]3(O)CCCC(C)(C)C3)CCC2)cc1. The van der Waals surface area contributed by atoms with E-state index in [0.717, 1.165) is 25.7 Å². The van der Waals surface area contributed by atoms with Crippen molar-refractivity contribution in [2.24, 2.45) is 5.41 Å². The molecule has 2 aliphatic carbocycles. The van der Waals surface area contributed by atoms with Crippen LogP contribution in [0, 0.1) is 12.3 Å². The minimum atomic E-state index is -0.484. The van der Waals surface area contributed by atoms with E-state index in [2.05, 4.69) is 45.0 Å². The number of hydrogen-bond acceptors (Lipinski definition) is 2. The molecule has 1 nitrogen and oxygen atoms in total. The monoisotopic (exact) mass is 304 g/mol. The molecule has 0 spiro atoms. The fourth-order valence-corrected chi connectivity index (χ4v) is 5.79. The van der Waals surface area contributed by atoms with Gasteiger partial charge in [0.1, 0.15) is 0 Å². The van der Waals surface area contributed by atoms with Crippen molar-refractivity contribution in [1.82, 2.24) is 0 Å². The lowest BCUT2D eigenvalue weighted by Gasteiger charge is -2.57. The first-order valence-electron chi connectivity index (χ1n) is 8.32. The second kappa shape index (κ2) is 5.31. The van der Waals surface area contributed by atoms with Gasteiger partial charge in [-0.2, -0.15) is 0 Å². The summed E-state index contributed by atoms with van der Waals surface area (Å²) in [5.41, 5.74) is 1.10. The number of benzene rings is 1. The van der Waals surface area contributed by atoms with Gasteiger partial charge in [0.05, 0.1) is 5.60 Å². The van der Waals surface area contributed by atoms with Crippen molar-refractivity contribution in [3.63, 3.8) is 0 Å². The summed E-state index contributed by atoms with van der Waals surface area (Å²) in [6.45, 7) is 6.77. The van der Waals surface area contributed by atoms with Gasteiger partial charge in [-0.1, -0.05) is 44.4 Å². The second-order valence-electron chi connectivity index (χ2n) is 7.99. The van der Waals surface area contributed by atoms with Gasteiger partial charge in [0.25, 0.3) is 0 Å². The molecule has 2 fully saturated rings. The van der Waals surface area contributed by atoms with Crippen LogP contribution in [0.3, 0.4) is 0 Å². The number of hydrogen-bond donors (Lipinski definition) is 1.